The SMILES string of the molecule is O=S(=O)(c1ccc(Br)s1)N1CCc2cc3ccccc3nc21. The first kappa shape index (κ1) is 14.2. The molecule has 4 rings (SSSR count). The minimum absolute atomic E-state index is 0.335. The molecule has 7 heteroatoms. The number of anilines is 1. The molecule has 1 aromatic carbocycles. The minimum Gasteiger partial charge on any atom is -0.248 e. The third kappa shape index (κ3) is 2.15. The molecule has 0 saturated carbocycles. The molecule has 1 aliphatic rings. The lowest BCUT2D eigenvalue weighted by atomic mass is 10.1. The lowest BCUT2D eigenvalue weighted by molar-refractivity contribution is 0.594. The van der Waals surface area contributed by atoms with Crippen LogP contribution in [0.4, 0.5) is 5.82 Å². The largest absolute Gasteiger partial charge is 0.275 e. The Morgan fingerprint density at radius 1 is 1.18 bits per heavy atom. The van der Waals surface area contributed by atoms with Crippen LogP contribution < -0.4 is 4.31 Å². The third-order valence-corrected chi connectivity index (χ3v) is 7.57. The Hall–Kier alpha value is -1.44. The van der Waals surface area contributed by atoms with Crippen LogP contribution in [-0.4, -0.2) is 19.9 Å². The molecule has 22 heavy (non-hydrogen) atoms. The summed E-state index contributed by atoms with van der Waals surface area (Å²) in [5.41, 5.74) is 1.80. The van der Waals surface area contributed by atoms with Gasteiger partial charge in [0, 0.05) is 11.9 Å². The summed E-state index contributed by atoms with van der Waals surface area (Å²) in [5.74, 6) is 0.559. The molecule has 0 spiro atoms. The van der Waals surface area contributed by atoms with Crippen LogP contribution >= 0.6 is 27.3 Å². The van der Waals surface area contributed by atoms with Gasteiger partial charge in [-0.25, -0.2) is 17.7 Å². The highest BCUT2D eigenvalue weighted by Gasteiger charge is 2.33. The quantitative estimate of drug-likeness (QED) is 0.663. The molecule has 3 heterocycles. The van der Waals surface area contributed by atoms with E-state index in [4.69, 9.17) is 0 Å². The topological polar surface area (TPSA) is 50.3 Å². The summed E-state index contributed by atoms with van der Waals surface area (Å²) in [6.45, 7) is 0.441. The van der Waals surface area contributed by atoms with Gasteiger partial charge in [0.25, 0.3) is 10.0 Å². The van der Waals surface area contributed by atoms with Crippen LogP contribution in [0, 0.1) is 0 Å². The van der Waals surface area contributed by atoms with Gasteiger partial charge in [-0.15, -0.1) is 11.3 Å². The van der Waals surface area contributed by atoms with Crippen molar-refractivity contribution in [1.82, 2.24) is 4.98 Å². The number of rotatable bonds is 2. The Bertz CT molecular complexity index is 982. The summed E-state index contributed by atoms with van der Waals surface area (Å²) in [4.78, 5) is 4.58. The number of para-hydroxylation sites is 1. The first-order valence-electron chi connectivity index (χ1n) is 6.72. The summed E-state index contributed by atoms with van der Waals surface area (Å²) in [7, 11) is -3.54. The predicted molar refractivity (Wildman–Crippen MR) is 92.0 cm³/mol. The van der Waals surface area contributed by atoms with Gasteiger partial charge in [0.05, 0.1) is 9.30 Å². The van der Waals surface area contributed by atoms with E-state index < -0.39 is 10.0 Å². The van der Waals surface area contributed by atoms with E-state index >= 15 is 0 Å². The molecular weight excluding hydrogens is 384 g/mol. The van der Waals surface area contributed by atoms with Crippen molar-refractivity contribution in [3.8, 4) is 0 Å². The Kier molecular flexibility index (Phi) is 3.25. The van der Waals surface area contributed by atoms with Gasteiger partial charge in [0.1, 0.15) is 10.0 Å². The van der Waals surface area contributed by atoms with E-state index in [1.807, 2.05) is 30.3 Å². The molecule has 112 valence electrons. The zero-order valence-electron chi connectivity index (χ0n) is 11.4. The molecule has 3 aromatic rings. The molecule has 0 radical (unpaired) electrons. The number of halogens is 1. The van der Waals surface area contributed by atoms with Gasteiger partial charge in [-0.2, -0.15) is 0 Å². The highest BCUT2D eigenvalue weighted by atomic mass is 79.9. The van der Waals surface area contributed by atoms with Crippen LogP contribution in [0.1, 0.15) is 5.56 Å². The summed E-state index contributed by atoms with van der Waals surface area (Å²) in [6, 6.07) is 13.2. The van der Waals surface area contributed by atoms with Gasteiger partial charge >= 0.3 is 0 Å². The fourth-order valence-electron chi connectivity index (χ4n) is 2.66. The molecule has 0 saturated heterocycles. The minimum atomic E-state index is -3.54. The zero-order valence-corrected chi connectivity index (χ0v) is 14.6. The van der Waals surface area contributed by atoms with Gasteiger partial charge < -0.3 is 0 Å². The number of nitrogens with zero attached hydrogens (tertiary/aromatic N) is 2. The molecule has 0 aliphatic carbocycles. The molecular formula is C15H11BrN2O2S2. The first-order chi connectivity index (χ1) is 10.6. The van der Waals surface area contributed by atoms with Gasteiger partial charge in [0.15, 0.2) is 0 Å². The number of aromatic nitrogens is 1. The smallest absolute Gasteiger partial charge is 0.248 e. The molecule has 0 N–H and O–H groups in total. The Morgan fingerprint density at radius 3 is 2.77 bits per heavy atom. The van der Waals surface area contributed by atoms with Crippen LogP contribution in [0.15, 0.2) is 50.5 Å². The molecule has 0 unspecified atom stereocenters. The number of hydrogen-bond acceptors (Lipinski definition) is 4. The lowest BCUT2D eigenvalue weighted by Crippen LogP contribution is -2.29. The number of thiophene rings is 1. The Balaban J connectivity index is 1.86. The van der Waals surface area contributed by atoms with Crippen LogP contribution in [0.25, 0.3) is 10.9 Å². The van der Waals surface area contributed by atoms with E-state index in [9.17, 15) is 8.42 Å². The standard InChI is InChI=1S/C15H11BrN2O2S2/c16-13-5-6-14(21-13)22(19,20)18-8-7-11-9-10-3-1-2-4-12(10)17-15(11)18/h1-6,9H,7-8H2. The van der Waals surface area contributed by atoms with Gasteiger partial charge in [-0.05, 0) is 52.2 Å². The van der Waals surface area contributed by atoms with Crippen molar-refractivity contribution >= 4 is 54.0 Å². The predicted octanol–water partition coefficient (Wildman–Crippen LogP) is 3.81. The Labute approximate surface area is 140 Å². The third-order valence-electron chi connectivity index (χ3n) is 3.69. The normalized spacial score (nSPS) is 14.5. The van der Waals surface area contributed by atoms with Gasteiger partial charge in [-0.3, -0.25) is 0 Å². The lowest BCUT2D eigenvalue weighted by Gasteiger charge is -2.17. The van der Waals surface area contributed by atoms with Crippen molar-refractivity contribution in [1.29, 1.82) is 0 Å². The average Bonchev–Trinajstić information content (AvgIpc) is 3.11. The number of sulfonamides is 1. The van der Waals surface area contributed by atoms with Crippen molar-refractivity contribution < 1.29 is 8.42 Å². The second-order valence-electron chi connectivity index (χ2n) is 5.05. The van der Waals surface area contributed by atoms with Crippen molar-refractivity contribution in [2.45, 2.75) is 10.6 Å². The summed E-state index contributed by atoms with van der Waals surface area (Å²) in [5, 5.41) is 1.04. The van der Waals surface area contributed by atoms with Gasteiger partial charge in [0.2, 0.25) is 0 Å². The van der Waals surface area contributed by atoms with Crippen molar-refractivity contribution in [3.63, 3.8) is 0 Å². The second kappa shape index (κ2) is 5.04. The molecule has 0 atom stereocenters. The molecule has 0 fully saturated rings. The van der Waals surface area contributed by atoms with Crippen LogP contribution in [0.3, 0.4) is 0 Å². The highest BCUT2D eigenvalue weighted by Crippen LogP contribution is 2.36. The summed E-state index contributed by atoms with van der Waals surface area (Å²) in [6.07, 6.45) is 0.693. The number of pyridine rings is 1. The zero-order chi connectivity index (χ0) is 15.3. The average molecular weight is 395 g/mol. The fraction of sp³-hybridized carbons (Fsp3) is 0.133. The van der Waals surface area contributed by atoms with Crippen LogP contribution in [-0.2, 0) is 16.4 Å². The Morgan fingerprint density at radius 2 is 2.00 bits per heavy atom. The van der Waals surface area contributed by atoms with Crippen molar-refractivity contribution in [2.75, 3.05) is 10.8 Å². The van der Waals surface area contributed by atoms with Crippen molar-refractivity contribution in [2.24, 2.45) is 0 Å². The van der Waals surface area contributed by atoms with E-state index in [1.165, 1.54) is 15.6 Å². The molecule has 0 amide bonds. The van der Waals surface area contributed by atoms with Crippen LogP contribution in [0.5, 0.6) is 0 Å². The van der Waals surface area contributed by atoms with E-state index in [2.05, 4.69) is 20.9 Å². The molecule has 0 bridgehead atoms. The summed E-state index contributed by atoms with van der Waals surface area (Å²) >= 11 is 4.54. The highest BCUT2D eigenvalue weighted by molar-refractivity contribution is 9.11. The molecule has 2 aromatic heterocycles. The maximum Gasteiger partial charge on any atom is 0.275 e. The van der Waals surface area contributed by atoms with E-state index in [1.54, 1.807) is 12.1 Å². The monoisotopic (exact) mass is 394 g/mol. The fourth-order valence-corrected chi connectivity index (χ4v) is 6.23. The maximum atomic E-state index is 12.8. The van der Waals surface area contributed by atoms with E-state index in [-0.39, 0.29) is 0 Å². The van der Waals surface area contributed by atoms with E-state index in [0.717, 1.165) is 20.3 Å². The number of fused-ring (bicyclic) bond motifs is 2. The van der Waals surface area contributed by atoms with Gasteiger partial charge in [-0.1, -0.05) is 18.2 Å². The first-order valence-corrected chi connectivity index (χ1v) is 9.77. The van der Waals surface area contributed by atoms with Crippen molar-refractivity contribution in [3.05, 3.63) is 51.8 Å². The maximum absolute atomic E-state index is 12.8. The number of benzene rings is 1. The second-order valence-corrected chi connectivity index (χ2v) is 9.60. The van der Waals surface area contributed by atoms with Crippen LogP contribution in [0.2, 0.25) is 0 Å². The number of hydrogen-bond donors (Lipinski definition) is 0. The molecule has 4 nitrogen and oxygen atoms in total. The molecule has 1 aliphatic heterocycles. The van der Waals surface area contributed by atoms with E-state index in [0.29, 0.717) is 23.0 Å². The summed E-state index contributed by atoms with van der Waals surface area (Å²) < 4.78 is 28.2.